The minimum Gasteiger partial charge on any atom is -0.489 e. The van der Waals surface area contributed by atoms with Gasteiger partial charge in [-0.1, -0.05) is 0 Å². The van der Waals surface area contributed by atoms with Crippen molar-refractivity contribution in [1.29, 1.82) is 0 Å². The SMILES string of the molecule is Cc1cc(N2CCOc3cc(S(=O)(=O)Cc4nccs4)ccc32)cc(C)c1N(C)C.O=C(O)C(F)(F)F. The van der Waals surface area contributed by atoms with Gasteiger partial charge in [0.05, 0.1) is 17.1 Å². The summed E-state index contributed by atoms with van der Waals surface area (Å²) in [5.41, 5.74) is 5.58. The van der Waals surface area contributed by atoms with E-state index in [4.69, 9.17) is 14.6 Å². The first kappa shape index (κ1) is 28.3. The molecule has 0 spiro atoms. The molecule has 0 fully saturated rings. The standard InChI is InChI=1S/C22H25N3O3S2.C2HF3O2/c1-15-11-17(12-16(2)22(15)24(3)4)25-8-9-28-20-13-18(5-6-19(20)25)30(26,27)14-21-23-7-10-29-21;3-2(4,5)1(6)7/h5-7,10-13H,8-9,14H2,1-4H3;(H,6,7). The number of thiazole rings is 1. The zero-order chi connectivity index (χ0) is 27.5. The smallest absolute Gasteiger partial charge is 0.489 e. The maximum absolute atomic E-state index is 12.8. The van der Waals surface area contributed by atoms with Gasteiger partial charge in [-0.05, 0) is 49.2 Å². The highest BCUT2D eigenvalue weighted by molar-refractivity contribution is 7.90. The van der Waals surface area contributed by atoms with Crippen molar-refractivity contribution < 1.29 is 36.2 Å². The second kappa shape index (κ2) is 11.0. The fraction of sp³-hybridized carbons (Fsp3) is 0.333. The van der Waals surface area contributed by atoms with E-state index < -0.39 is 22.0 Å². The van der Waals surface area contributed by atoms with E-state index in [1.165, 1.54) is 28.2 Å². The maximum Gasteiger partial charge on any atom is 0.490 e. The van der Waals surface area contributed by atoms with E-state index >= 15 is 0 Å². The molecular weight excluding hydrogens is 531 g/mol. The Morgan fingerprint density at radius 1 is 1.19 bits per heavy atom. The summed E-state index contributed by atoms with van der Waals surface area (Å²) in [6.07, 6.45) is -3.46. The van der Waals surface area contributed by atoms with Crippen LogP contribution in [0.5, 0.6) is 5.75 Å². The second-order valence-electron chi connectivity index (χ2n) is 8.44. The van der Waals surface area contributed by atoms with Gasteiger partial charge in [0.25, 0.3) is 0 Å². The lowest BCUT2D eigenvalue weighted by Gasteiger charge is -2.33. The van der Waals surface area contributed by atoms with Crippen LogP contribution in [-0.2, 0) is 20.4 Å². The lowest BCUT2D eigenvalue weighted by Crippen LogP contribution is -2.29. The molecule has 1 aliphatic rings. The van der Waals surface area contributed by atoms with Crippen molar-refractivity contribution in [3.8, 4) is 5.75 Å². The Balaban J connectivity index is 0.000000479. The van der Waals surface area contributed by atoms with E-state index in [9.17, 15) is 21.6 Å². The zero-order valence-electron chi connectivity index (χ0n) is 20.5. The highest BCUT2D eigenvalue weighted by Gasteiger charge is 2.38. The molecule has 0 unspecified atom stereocenters. The molecule has 2 aromatic carbocycles. The molecule has 4 rings (SSSR count). The van der Waals surface area contributed by atoms with Gasteiger partial charge < -0.3 is 19.6 Å². The highest BCUT2D eigenvalue weighted by Crippen LogP contribution is 2.40. The Labute approximate surface area is 216 Å². The first-order chi connectivity index (χ1) is 17.2. The molecule has 0 bridgehead atoms. The van der Waals surface area contributed by atoms with Gasteiger partial charge in [0, 0.05) is 43.1 Å². The summed E-state index contributed by atoms with van der Waals surface area (Å²) >= 11 is 1.34. The van der Waals surface area contributed by atoms with Crippen LogP contribution in [0.25, 0.3) is 0 Å². The fourth-order valence-corrected chi connectivity index (χ4v) is 6.29. The molecule has 0 atom stereocenters. The van der Waals surface area contributed by atoms with E-state index in [-0.39, 0.29) is 10.6 Å². The topological polar surface area (TPSA) is 100 Å². The van der Waals surface area contributed by atoms with Crippen LogP contribution in [0, 0.1) is 13.8 Å². The summed E-state index contributed by atoms with van der Waals surface area (Å²) in [5.74, 6) is -2.27. The number of aryl methyl sites for hydroxylation is 2. The third-order valence-corrected chi connectivity index (χ3v) is 8.02. The second-order valence-corrected chi connectivity index (χ2v) is 11.4. The molecule has 13 heteroatoms. The van der Waals surface area contributed by atoms with E-state index in [1.54, 1.807) is 23.7 Å². The van der Waals surface area contributed by atoms with Crippen molar-refractivity contribution in [1.82, 2.24) is 4.98 Å². The number of sulfone groups is 1. The number of carbonyl (C=O) groups is 1. The quantitative estimate of drug-likeness (QED) is 0.470. The largest absolute Gasteiger partial charge is 0.490 e. The zero-order valence-corrected chi connectivity index (χ0v) is 22.2. The number of halogens is 3. The number of rotatable bonds is 5. The average Bonchev–Trinajstić information content (AvgIpc) is 3.29. The van der Waals surface area contributed by atoms with Gasteiger partial charge in [-0.3, -0.25) is 0 Å². The van der Waals surface area contributed by atoms with Gasteiger partial charge in [-0.25, -0.2) is 18.2 Å². The predicted octanol–water partition coefficient (Wildman–Crippen LogP) is 4.96. The molecule has 0 saturated heterocycles. The number of benzene rings is 2. The number of carboxylic acids is 1. The van der Waals surface area contributed by atoms with Crippen molar-refractivity contribution in [2.45, 2.75) is 30.7 Å². The summed E-state index contributed by atoms with van der Waals surface area (Å²) in [7, 11) is 0.613. The minimum atomic E-state index is -5.08. The van der Waals surface area contributed by atoms with Gasteiger partial charge in [0.1, 0.15) is 23.1 Å². The van der Waals surface area contributed by atoms with Crippen LogP contribution >= 0.6 is 11.3 Å². The van der Waals surface area contributed by atoms with Gasteiger partial charge in [-0.2, -0.15) is 13.2 Å². The Bertz CT molecular complexity index is 1350. The van der Waals surface area contributed by atoms with Gasteiger partial charge in [-0.15, -0.1) is 11.3 Å². The summed E-state index contributed by atoms with van der Waals surface area (Å²) in [5, 5.41) is 9.49. The normalized spacial score (nSPS) is 13.2. The molecule has 1 aliphatic heterocycles. The van der Waals surface area contributed by atoms with Gasteiger partial charge in [0.2, 0.25) is 0 Å². The minimum absolute atomic E-state index is 0.0996. The maximum atomic E-state index is 12.8. The Morgan fingerprint density at radius 3 is 2.32 bits per heavy atom. The Morgan fingerprint density at radius 2 is 1.81 bits per heavy atom. The first-order valence-electron chi connectivity index (χ1n) is 10.9. The number of anilines is 3. The molecule has 0 radical (unpaired) electrons. The summed E-state index contributed by atoms with van der Waals surface area (Å²) in [6.45, 7) is 5.43. The van der Waals surface area contributed by atoms with Crippen molar-refractivity contribution >= 4 is 44.2 Å². The molecule has 37 heavy (non-hydrogen) atoms. The number of alkyl halides is 3. The van der Waals surface area contributed by atoms with Crippen molar-refractivity contribution in [3.63, 3.8) is 0 Å². The number of hydrogen-bond acceptors (Lipinski definition) is 8. The fourth-order valence-electron chi connectivity index (χ4n) is 4.03. The van der Waals surface area contributed by atoms with Crippen LogP contribution in [0.3, 0.4) is 0 Å². The number of aromatic nitrogens is 1. The molecule has 0 aliphatic carbocycles. The van der Waals surface area contributed by atoms with Crippen LogP contribution in [0.2, 0.25) is 0 Å². The number of nitrogens with zero attached hydrogens (tertiary/aromatic N) is 3. The van der Waals surface area contributed by atoms with E-state index in [1.807, 2.05) is 20.2 Å². The molecular formula is C24H26F3N3O5S2. The summed E-state index contributed by atoms with van der Waals surface area (Å²) in [6, 6.07) is 9.48. The van der Waals surface area contributed by atoms with Crippen LogP contribution in [-0.4, -0.2) is 57.9 Å². The first-order valence-corrected chi connectivity index (χ1v) is 13.5. The average molecular weight is 558 g/mol. The molecule has 1 aromatic heterocycles. The third kappa shape index (κ3) is 6.72. The van der Waals surface area contributed by atoms with Crippen molar-refractivity contribution in [2.75, 3.05) is 37.0 Å². The summed E-state index contributed by atoms with van der Waals surface area (Å²) in [4.78, 5) is 17.6. The van der Waals surface area contributed by atoms with Crippen LogP contribution in [0.1, 0.15) is 16.1 Å². The highest BCUT2D eigenvalue weighted by atomic mass is 32.2. The monoisotopic (exact) mass is 557 g/mol. The van der Waals surface area contributed by atoms with E-state index in [0.29, 0.717) is 23.9 Å². The molecule has 0 amide bonds. The molecule has 0 saturated carbocycles. The number of fused-ring (bicyclic) bond motifs is 1. The predicted molar refractivity (Wildman–Crippen MR) is 136 cm³/mol. The molecule has 2 heterocycles. The third-order valence-electron chi connectivity index (χ3n) is 5.43. The molecule has 200 valence electrons. The van der Waals surface area contributed by atoms with E-state index in [0.717, 1.165) is 11.4 Å². The Kier molecular flexibility index (Phi) is 8.38. The molecule has 3 aromatic rings. The Hall–Kier alpha value is -3.32. The van der Waals surface area contributed by atoms with Crippen molar-refractivity contribution in [3.05, 3.63) is 58.0 Å². The molecule has 8 nitrogen and oxygen atoms in total. The lowest BCUT2D eigenvalue weighted by atomic mass is 10.1. The number of aliphatic carboxylic acids is 1. The lowest BCUT2D eigenvalue weighted by molar-refractivity contribution is -0.192. The number of ether oxygens (including phenoxy) is 1. The van der Waals surface area contributed by atoms with Gasteiger partial charge in [0.15, 0.2) is 9.84 Å². The van der Waals surface area contributed by atoms with E-state index in [2.05, 4.69) is 40.8 Å². The number of carboxylic acid groups (broad SMARTS) is 1. The van der Waals surface area contributed by atoms with Crippen LogP contribution < -0.4 is 14.5 Å². The van der Waals surface area contributed by atoms with Gasteiger partial charge >= 0.3 is 12.1 Å². The molecule has 1 N–H and O–H groups in total. The number of hydrogen-bond donors (Lipinski definition) is 1. The van der Waals surface area contributed by atoms with Crippen LogP contribution in [0.4, 0.5) is 30.2 Å². The van der Waals surface area contributed by atoms with Crippen molar-refractivity contribution in [2.24, 2.45) is 0 Å². The summed E-state index contributed by atoms with van der Waals surface area (Å²) < 4.78 is 63.2. The van der Waals surface area contributed by atoms with Crippen LogP contribution in [0.15, 0.2) is 46.8 Å².